The molecule has 1 fully saturated rings. The fraction of sp³-hybridized carbons (Fsp3) is 0.185. The number of benzene rings is 3. The van der Waals surface area contributed by atoms with Gasteiger partial charge in [-0.2, -0.15) is 0 Å². The average Bonchev–Trinajstić information content (AvgIpc) is 3.09. The Hall–Kier alpha value is -3.86. The van der Waals surface area contributed by atoms with Crippen LogP contribution in [0.1, 0.15) is 31.0 Å². The van der Waals surface area contributed by atoms with Crippen LogP contribution in [-0.2, 0) is 9.59 Å². The van der Waals surface area contributed by atoms with Gasteiger partial charge in [-0.1, -0.05) is 62.4 Å². The minimum atomic E-state index is -0.726. The molecular formula is C27H25NO4. The molecule has 3 aromatic rings. The van der Waals surface area contributed by atoms with Gasteiger partial charge in [0.15, 0.2) is 0 Å². The van der Waals surface area contributed by atoms with E-state index in [1.54, 1.807) is 36.4 Å². The fourth-order valence-electron chi connectivity index (χ4n) is 3.77. The van der Waals surface area contributed by atoms with Crippen molar-refractivity contribution in [2.45, 2.75) is 19.9 Å². The Bertz CT molecular complexity index is 1140. The van der Waals surface area contributed by atoms with Crippen molar-refractivity contribution in [3.63, 3.8) is 0 Å². The van der Waals surface area contributed by atoms with Crippen LogP contribution in [0.25, 0.3) is 5.76 Å². The van der Waals surface area contributed by atoms with Gasteiger partial charge in [0, 0.05) is 11.3 Å². The van der Waals surface area contributed by atoms with Crippen LogP contribution in [0, 0.1) is 5.92 Å². The molecule has 1 heterocycles. The van der Waals surface area contributed by atoms with Crippen LogP contribution in [0.15, 0.2) is 90.5 Å². The van der Waals surface area contributed by atoms with Crippen LogP contribution in [0.3, 0.4) is 0 Å². The van der Waals surface area contributed by atoms with Crippen molar-refractivity contribution in [2.24, 2.45) is 5.92 Å². The number of ether oxygens (including phenoxy) is 1. The predicted octanol–water partition coefficient (Wildman–Crippen LogP) is 5.35. The summed E-state index contributed by atoms with van der Waals surface area (Å²) in [5.74, 6) is -0.502. The lowest BCUT2D eigenvalue weighted by molar-refractivity contribution is -0.132. The molecule has 5 heteroatoms. The van der Waals surface area contributed by atoms with E-state index in [1.165, 1.54) is 4.90 Å². The van der Waals surface area contributed by atoms with Crippen molar-refractivity contribution in [3.8, 4) is 5.75 Å². The van der Waals surface area contributed by atoms with E-state index in [0.717, 1.165) is 5.56 Å². The van der Waals surface area contributed by atoms with Crippen LogP contribution in [-0.4, -0.2) is 23.4 Å². The van der Waals surface area contributed by atoms with Gasteiger partial charge in [-0.25, -0.2) is 0 Å². The van der Waals surface area contributed by atoms with Crippen LogP contribution >= 0.6 is 0 Å². The number of Topliss-reactive ketones (excluding diaryl/α,β-unsaturated/α-hetero) is 1. The van der Waals surface area contributed by atoms with Gasteiger partial charge >= 0.3 is 0 Å². The van der Waals surface area contributed by atoms with E-state index < -0.39 is 17.7 Å². The molecule has 1 saturated heterocycles. The van der Waals surface area contributed by atoms with Crippen molar-refractivity contribution in [3.05, 3.63) is 102 Å². The van der Waals surface area contributed by atoms with Gasteiger partial charge in [0.1, 0.15) is 11.5 Å². The van der Waals surface area contributed by atoms with E-state index in [2.05, 4.69) is 13.8 Å². The molecule has 1 amide bonds. The lowest BCUT2D eigenvalue weighted by atomic mass is 9.95. The molecular weight excluding hydrogens is 402 g/mol. The summed E-state index contributed by atoms with van der Waals surface area (Å²) in [5.41, 5.74) is 1.86. The number of amides is 1. The van der Waals surface area contributed by atoms with Gasteiger partial charge in [-0.05, 0) is 47.9 Å². The minimum Gasteiger partial charge on any atom is -0.507 e. The molecule has 0 bridgehead atoms. The molecule has 0 aromatic heterocycles. The first-order valence-corrected chi connectivity index (χ1v) is 10.6. The number of carbonyl (C=O) groups is 2. The number of aliphatic hydroxyl groups is 1. The van der Waals surface area contributed by atoms with Gasteiger partial charge in [0.25, 0.3) is 11.7 Å². The smallest absolute Gasteiger partial charge is 0.300 e. The van der Waals surface area contributed by atoms with Gasteiger partial charge in [0.05, 0.1) is 18.2 Å². The average molecular weight is 428 g/mol. The minimum absolute atomic E-state index is 0.0703. The quantitative estimate of drug-likeness (QED) is 0.327. The highest BCUT2D eigenvalue weighted by atomic mass is 16.5. The molecule has 1 aliphatic heterocycles. The van der Waals surface area contributed by atoms with E-state index in [-0.39, 0.29) is 11.3 Å². The van der Waals surface area contributed by atoms with E-state index in [1.807, 2.05) is 48.5 Å². The third-order valence-electron chi connectivity index (χ3n) is 5.31. The Morgan fingerprint density at radius 3 is 2.09 bits per heavy atom. The fourth-order valence-corrected chi connectivity index (χ4v) is 3.77. The maximum atomic E-state index is 13.1. The third kappa shape index (κ3) is 4.14. The van der Waals surface area contributed by atoms with Crippen molar-refractivity contribution >= 4 is 23.1 Å². The zero-order chi connectivity index (χ0) is 22.7. The number of rotatable bonds is 6. The highest BCUT2D eigenvalue weighted by Gasteiger charge is 2.46. The van der Waals surface area contributed by atoms with E-state index in [4.69, 9.17) is 4.74 Å². The van der Waals surface area contributed by atoms with Crippen LogP contribution in [0.5, 0.6) is 5.75 Å². The molecule has 162 valence electrons. The summed E-state index contributed by atoms with van der Waals surface area (Å²) in [7, 11) is 0. The first-order chi connectivity index (χ1) is 15.5. The lowest BCUT2D eigenvalue weighted by Gasteiger charge is -2.25. The maximum absolute atomic E-state index is 13.1. The second-order valence-corrected chi connectivity index (χ2v) is 8.14. The largest absolute Gasteiger partial charge is 0.507 e. The molecule has 5 nitrogen and oxygen atoms in total. The zero-order valence-electron chi connectivity index (χ0n) is 18.1. The Kier molecular flexibility index (Phi) is 6.08. The molecule has 1 unspecified atom stereocenters. The van der Waals surface area contributed by atoms with Crippen molar-refractivity contribution in [1.82, 2.24) is 0 Å². The summed E-state index contributed by atoms with van der Waals surface area (Å²) >= 11 is 0. The van der Waals surface area contributed by atoms with Crippen molar-refractivity contribution in [2.75, 3.05) is 11.5 Å². The number of aliphatic hydroxyl groups excluding tert-OH is 1. The highest BCUT2D eigenvalue weighted by Crippen LogP contribution is 2.42. The molecule has 0 radical (unpaired) electrons. The molecule has 4 rings (SSSR count). The second kappa shape index (κ2) is 9.10. The van der Waals surface area contributed by atoms with Crippen LogP contribution in [0.2, 0.25) is 0 Å². The van der Waals surface area contributed by atoms with Crippen molar-refractivity contribution < 1.29 is 19.4 Å². The number of nitrogens with zero attached hydrogens (tertiary/aromatic N) is 1. The molecule has 0 spiro atoms. The molecule has 3 aromatic carbocycles. The Morgan fingerprint density at radius 2 is 1.50 bits per heavy atom. The number of para-hydroxylation sites is 1. The van der Waals surface area contributed by atoms with E-state index in [9.17, 15) is 14.7 Å². The Balaban J connectivity index is 1.79. The summed E-state index contributed by atoms with van der Waals surface area (Å²) in [6.07, 6.45) is 0. The van der Waals surface area contributed by atoms with Crippen LogP contribution in [0.4, 0.5) is 5.69 Å². The summed E-state index contributed by atoms with van der Waals surface area (Å²) in [6.45, 7) is 4.71. The standard InChI is InChI=1S/C27H25NO4/c1-18(2)17-32-22-15-13-20(14-16-22)25(29)23-24(19-9-5-3-6-10-19)28(27(31)26(23)30)21-11-7-4-8-12-21/h3-16,18,24,29H,17H2,1-2H3/b25-23-. The topological polar surface area (TPSA) is 66.8 Å². The molecule has 1 atom stereocenters. The highest BCUT2D eigenvalue weighted by molar-refractivity contribution is 6.51. The van der Waals surface area contributed by atoms with E-state index >= 15 is 0 Å². The molecule has 1 N–H and O–H groups in total. The monoisotopic (exact) mass is 427 g/mol. The zero-order valence-corrected chi connectivity index (χ0v) is 18.1. The second-order valence-electron chi connectivity index (χ2n) is 8.14. The number of carbonyl (C=O) groups excluding carboxylic acids is 2. The number of hydrogen-bond donors (Lipinski definition) is 1. The summed E-state index contributed by atoms with van der Waals surface area (Å²) in [6, 6.07) is 24.5. The predicted molar refractivity (Wildman–Crippen MR) is 124 cm³/mol. The summed E-state index contributed by atoms with van der Waals surface area (Å²) < 4.78 is 5.70. The number of hydrogen-bond acceptors (Lipinski definition) is 4. The third-order valence-corrected chi connectivity index (χ3v) is 5.31. The molecule has 0 aliphatic carbocycles. The van der Waals surface area contributed by atoms with E-state index in [0.29, 0.717) is 29.5 Å². The van der Waals surface area contributed by atoms with Gasteiger partial charge in [0.2, 0.25) is 0 Å². The van der Waals surface area contributed by atoms with Crippen molar-refractivity contribution in [1.29, 1.82) is 0 Å². The first kappa shape index (κ1) is 21.4. The Morgan fingerprint density at radius 1 is 0.906 bits per heavy atom. The number of anilines is 1. The first-order valence-electron chi connectivity index (χ1n) is 10.6. The van der Waals surface area contributed by atoms with Gasteiger partial charge < -0.3 is 9.84 Å². The number of ketones is 1. The summed E-state index contributed by atoms with van der Waals surface area (Å²) in [4.78, 5) is 27.6. The lowest BCUT2D eigenvalue weighted by Crippen LogP contribution is -2.29. The maximum Gasteiger partial charge on any atom is 0.300 e. The Labute approximate surface area is 187 Å². The molecule has 1 aliphatic rings. The van der Waals surface area contributed by atoms with Crippen LogP contribution < -0.4 is 9.64 Å². The van der Waals surface area contributed by atoms with Gasteiger partial charge in [-0.3, -0.25) is 14.5 Å². The van der Waals surface area contributed by atoms with Gasteiger partial charge in [-0.15, -0.1) is 0 Å². The SMILES string of the molecule is CC(C)COc1ccc(/C(O)=C2/C(=O)C(=O)N(c3ccccc3)C2c2ccccc2)cc1. The molecule has 0 saturated carbocycles. The molecule has 32 heavy (non-hydrogen) atoms. The summed E-state index contributed by atoms with van der Waals surface area (Å²) in [5, 5.41) is 11.2. The normalized spacial score (nSPS) is 17.7.